The zero-order valence-electron chi connectivity index (χ0n) is 30.9. The van der Waals surface area contributed by atoms with E-state index in [9.17, 15) is 0 Å². The van der Waals surface area contributed by atoms with Gasteiger partial charge in [-0.1, -0.05) is 133 Å². The Hall–Kier alpha value is -7.88. The topological polar surface area (TPSA) is 25.8 Å². The monoisotopic (exact) mass is 708 g/mol. The molecule has 0 saturated heterocycles. The number of aromatic nitrogens is 2. The van der Waals surface area contributed by atoms with Gasteiger partial charge in [0.2, 0.25) is 0 Å². The number of nitrogens with zero attached hydrogens (tertiary/aromatic N) is 2. The zero-order valence-corrected chi connectivity index (χ0v) is 30.9. The van der Waals surface area contributed by atoms with E-state index in [1.54, 1.807) is 0 Å². The highest BCUT2D eigenvalue weighted by molar-refractivity contribution is 6.11. The predicted molar refractivity (Wildman–Crippen MR) is 231 cm³/mol. The lowest BCUT2D eigenvalue weighted by Gasteiger charge is -2.06. The summed E-state index contributed by atoms with van der Waals surface area (Å²) in [5, 5.41) is 9.41. The number of pyridine rings is 2. The van der Waals surface area contributed by atoms with Crippen molar-refractivity contribution in [1.82, 2.24) is 9.97 Å². The van der Waals surface area contributed by atoms with Crippen LogP contribution in [0.25, 0.3) is 43.1 Å². The molecule has 0 aliphatic rings. The Morgan fingerprint density at radius 1 is 0.286 bits per heavy atom. The molecule has 0 aliphatic heterocycles. The van der Waals surface area contributed by atoms with Crippen LogP contribution >= 0.6 is 0 Å². The van der Waals surface area contributed by atoms with Crippen molar-refractivity contribution < 1.29 is 0 Å². The van der Waals surface area contributed by atoms with E-state index in [0.717, 1.165) is 44.2 Å². The molecule has 2 heteroatoms. The molecule has 0 atom stereocenters. The van der Waals surface area contributed by atoms with Crippen LogP contribution < -0.4 is 0 Å². The molecular formula is C54H32N2. The van der Waals surface area contributed by atoms with Crippen molar-refractivity contribution in [2.75, 3.05) is 0 Å². The maximum atomic E-state index is 4.78. The number of fused-ring (bicyclic) bond motifs is 6. The Kier molecular flexibility index (Phi) is 9.00. The highest BCUT2D eigenvalue weighted by Gasteiger charge is 2.07. The van der Waals surface area contributed by atoms with Gasteiger partial charge in [0.25, 0.3) is 0 Å². The Labute approximate surface area is 326 Å². The van der Waals surface area contributed by atoms with Crippen LogP contribution in [0.2, 0.25) is 0 Å². The maximum absolute atomic E-state index is 4.78. The summed E-state index contributed by atoms with van der Waals surface area (Å²) >= 11 is 0. The molecule has 258 valence electrons. The first-order valence-electron chi connectivity index (χ1n) is 18.5. The summed E-state index contributed by atoms with van der Waals surface area (Å²) in [6.45, 7) is 4.18. The quantitative estimate of drug-likeness (QED) is 0.116. The third-order valence-electron chi connectivity index (χ3n) is 9.97. The van der Waals surface area contributed by atoms with Gasteiger partial charge in [-0.2, -0.15) is 0 Å². The first kappa shape index (κ1) is 33.9. The van der Waals surface area contributed by atoms with Gasteiger partial charge in [-0.15, -0.1) is 0 Å². The largest absolute Gasteiger partial charge is 0.231 e. The van der Waals surface area contributed by atoms with Crippen LogP contribution in [0.3, 0.4) is 0 Å². The minimum absolute atomic E-state index is 0.643. The minimum atomic E-state index is 0.643. The summed E-state index contributed by atoms with van der Waals surface area (Å²) in [5.41, 5.74) is 8.52. The number of aryl methyl sites for hydroxylation is 2. The van der Waals surface area contributed by atoms with E-state index in [1.165, 1.54) is 32.3 Å². The Morgan fingerprint density at radius 2 is 0.607 bits per heavy atom. The molecule has 2 heterocycles. The molecule has 0 bridgehead atoms. The Balaban J connectivity index is 1.00. The van der Waals surface area contributed by atoms with Gasteiger partial charge in [-0.3, -0.25) is 0 Å². The van der Waals surface area contributed by atoms with E-state index in [1.807, 2.05) is 36.4 Å². The summed E-state index contributed by atoms with van der Waals surface area (Å²) in [4.78, 5) is 9.57. The zero-order chi connectivity index (χ0) is 37.8. The molecule has 0 spiro atoms. The van der Waals surface area contributed by atoms with Gasteiger partial charge in [0, 0.05) is 22.3 Å². The van der Waals surface area contributed by atoms with Crippen molar-refractivity contribution in [2.45, 2.75) is 13.8 Å². The van der Waals surface area contributed by atoms with Crippen molar-refractivity contribution in [1.29, 1.82) is 0 Å². The summed E-state index contributed by atoms with van der Waals surface area (Å²) in [6, 6.07) is 53.7. The normalized spacial score (nSPS) is 10.5. The molecule has 7 aromatic carbocycles. The van der Waals surface area contributed by atoms with Crippen molar-refractivity contribution in [3.8, 4) is 47.4 Å². The molecule has 0 aliphatic carbocycles. The molecule has 0 fully saturated rings. The third kappa shape index (κ3) is 6.96. The number of hydrogen-bond donors (Lipinski definition) is 0. The van der Waals surface area contributed by atoms with Gasteiger partial charge < -0.3 is 0 Å². The van der Waals surface area contributed by atoms with E-state index in [-0.39, 0.29) is 0 Å². The maximum Gasteiger partial charge on any atom is 0.115 e. The molecule has 0 saturated carbocycles. The van der Waals surface area contributed by atoms with Gasteiger partial charge in [-0.05, 0) is 140 Å². The summed E-state index contributed by atoms with van der Waals surface area (Å²) in [7, 11) is 0. The van der Waals surface area contributed by atoms with Gasteiger partial charge in [0.1, 0.15) is 22.8 Å². The molecule has 0 radical (unpaired) electrons. The fourth-order valence-corrected chi connectivity index (χ4v) is 7.01. The second kappa shape index (κ2) is 14.9. The lowest BCUT2D eigenvalue weighted by molar-refractivity contribution is 1.25. The van der Waals surface area contributed by atoms with Gasteiger partial charge in [-0.25, -0.2) is 9.97 Å². The number of rotatable bonds is 0. The molecule has 2 aromatic heterocycles. The molecule has 0 N–H and O–H groups in total. The summed E-state index contributed by atoms with van der Waals surface area (Å²) < 4.78 is 0. The second-order valence-electron chi connectivity index (χ2n) is 13.7. The van der Waals surface area contributed by atoms with Crippen molar-refractivity contribution >= 4 is 43.1 Å². The van der Waals surface area contributed by atoms with Crippen molar-refractivity contribution in [3.05, 3.63) is 214 Å². The van der Waals surface area contributed by atoms with Gasteiger partial charge >= 0.3 is 0 Å². The summed E-state index contributed by atoms with van der Waals surface area (Å²) in [5.74, 6) is 26.6. The molecule has 0 amide bonds. The molecule has 0 unspecified atom stereocenters. The Bertz CT molecular complexity index is 3080. The van der Waals surface area contributed by atoms with Crippen LogP contribution in [0.4, 0.5) is 0 Å². The molecule has 9 rings (SSSR count). The Morgan fingerprint density at radius 3 is 1.00 bits per heavy atom. The average molecular weight is 709 g/mol. The third-order valence-corrected chi connectivity index (χ3v) is 9.97. The minimum Gasteiger partial charge on any atom is -0.231 e. The van der Waals surface area contributed by atoms with Crippen molar-refractivity contribution in [2.24, 2.45) is 0 Å². The first-order valence-corrected chi connectivity index (χ1v) is 18.5. The van der Waals surface area contributed by atoms with E-state index in [4.69, 9.17) is 9.97 Å². The van der Waals surface area contributed by atoms with Gasteiger partial charge in [0.05, 0.1) is 0 Å². The first-order chi connectivity index (χ1) is 27.6. The lowest BCUT2D eigenvalue weighted by atomic mass is 9.97. The number of hydrogen-bond acceptors (Lipinski definition) is 2. The van der Waals surface area contributed by atoms with Crippen molar-refractivity contribution in [3.63, 3.8) is 0 Å². The van der Waals surface area contributed by atoms with Crippen LogP contribution in [0, 0.1) is 61.2 Å². The predicted octanol–water partition coefficient (Wildman–Crippen LogP) is 11.3. The molecule has 2 nitrogen and oxygen atoms in total. The fourth-order valence-electron chi connectivity index (χ4n) is 7.01. The highest BCUT2D eigenvalue weighted by atomic mass is 14.7. The van der Waals surface area contributed by atoms with E-state index in [0.29, 0.717) is 22.8 Å². The molecule has 9 aromatic rings. The fraction of sp³-hybridized carbons (Fsp3) is 0.0370. The van der Waals surface area contributed by atoms with Crippen LogP contribution in [0.15, 0.2) is 158 Å². The van der Waals surface area contributed by atoms with E-state index in [2.05, 4.69) is 183 Å². The van der Waals surface area contributed by atoms with E-state index >= 15 is 0 Å². The van der Waals surface area contributed by atoms with Crippen LogP contribution in [-0.2, 0) is 0 Å². The molecular weight excluding hydrogens is 677 g/mol. The standard InChI is InChI=1S/C54H32N2/c1-37-33-39(25-29-45-15-11-17-47(55-45)31-27-43-35-41-13-3-5-19-49(41)53-23-9-7-21-51(43)53)40(34-38(37)2)26-30-46-16-12-18-48(56-46)32-28-44-36-42-14-4-6-20-50(42)54-24-10-8-22-52(44)54/h3-24,33-36H,1-2H3. The summed E-state index contributed by atoms with van der Waals surface area (Å²) in [6.07, 6.45) is 0. The average Bonchev–Trinajstić information content (AvgIpc) is 3.25. The van der Waals surface area contributed by atoms with Crippen LogP contribution in [0.5, 0.6) is 0 Å². The van der Waals surface area contributed by atoms with Gasteiger partial charge in [0.15, 0.2) is 0 Å². The smallest absolute Gasteiger partial charge is 0.115 e. The second-order valence-corrected chi connectivity index (χ2v) is 13.7. The highest BCUT2D eigenvalue weighted by Crippen LogP contribution is 2.29. The molecule has 56 heavy (non-hydrogen) atoms. The van der Waals surface area contributed by atoms with Crippen LogP contribution in [0.1, 0.15) is 56.2 Å². The van der Waals surface area contributed by atoms with E-state index < -0.39 is 0 Å². The number of benzene rings is 7. The SMILES string of the molecule is Cc1cc(C#Cc2cccc(C#Cc3cc4ccccc4c4ccccc34)n2)c(C#Cc2cccc(C#Cc3cc4ccccc4c4ccccc34)n2)cc1C. The van der Waals surface area contributed by atoms with Crippen LogP contribution in [-0.4, -0.2) is 9.97 Å². The lowest BCUT2D eigenvalue weighted by Crippen LogP contribution is -1.92.